The molecule has 0 aliphatic heterocycles. The third-order valence-electron chi connectivity index (χ3n) is 2.40. The zero-order chi connectivity index (χ0) is 10.7. The Balaban J connectivity index is 3.27. The molecule has 0 saturated heterocycles. The summed E-state index contributed by atoms with van der Waals surface area (Å²) < 4.78 is 5.23. The maximum atomic E-state index is 9.12. The van der Waals surface area contributed by atoms with Crippen LogP contribution >= 0.6 is 11.6 Å². The number of rotatable bonds is 3. The summed E-state index contributed by atoms with van der Waals surface area (Å²) in [7, 11) is 1.62. The normalized spacial score (nSPS) is 12.6. The van der Waals surface area contributed by atoms with Crippen molar-refractivity contribution >= 4 is 11.6 Å². The summed E-state index contributed by atoms with van der Waals surface area (Å²) >= 11 is 6.01. The molecule has 0 spiro atoms. The summed E-state index contributed by atoms with van der Waals surface area (Å²) in [5.74, 6) is 0.831. The van der Waals surface area contributed by atoms with E-state index in [1.165, 1.54) is 0 Å². The van der Waals surface area contributed by atoms with Gasteiger partial charge in [0.25, 0.3) is 0 Å². The molecule has 0 fully saturated rings. The Labute approximate surface area is 89.5 Å². The summed E-state index contributed by atoms with van der Waals surface area (Å²) in [5, 5.41) is 9.83. The van der Waals surface area contributed by atoms with Gasteiger partial charge < -0.3 is 9.84 Å². The van der Waals surface area contributed by atoms with Crippen LogP contribution in [0.2, 0.25) is 5.02 Å². The molecule has 0 saturated carbocycles. The van der Waals surface area contributed by atoms with Gasteiger partial charge in [0, 0.05) is 23.1 Å². The first-order chi connectivity index (χ1) is 6.61. The summed E-state index contributed by atoms with van der Waals surface area (Å²) in [5.41, 5.74) is 1.97. The van der Waals surface area contributed by atoms with E-state index in [1.807, 2.05) is 26.0 Å². The van der Waals surface area contributed by atoms with Crippen LogP contribution in [0.4, 0.5) is 0 Å². The standard InChI is InChI=1S/C11H15ClO2/c1-7(6-13)11-8(2)9(12)4-5-10(11)14-3/h4-5,7,13H,6H2,1-3H3. The minimum atomic E-state index is 0.0450. The van der Waals surface area contributed by atoms with E-state index in [0.29, 0.717) is 5.02 Å². The van der Waals surface area contributed by atoms with Crippen molar-refractivity contribution in [1.29, 1.82) is 0 Å². The Morgan fingerprint density at radius 2 is 2.14 bits per heavy atom. The van der Waals surface area contributed by atoms with Gasteiger partial charge in [-0.2, -0.15) is 0 Å². The zero-order valence-electron chi connectivity index (χ0n) is 8.67. The molecule has 3 heteroatoms. The molecule has 78 valence electrons. The maximum absolute atomic E-state index is 9.12. The minimum absolute atomic E-state index is 0.0450. The molecule has 0 aliphatic rings. The van der Waals surface area contributed by atoms with E-state index < -0.39 is 0 Å². The summed E-state index contributed by atoms with van der Waals surface area (Å²) in [6.45, 7) is 3.98. The van der Waals surface area contributed by atoms with E-state index in [1.54, 1.807) is 7.11 Å². The maximum Gasteiger partial charge on any atom is 0.122 e. The Bertz CT molecular complexity index is 323. The van der Waals surface area contributed by atoms with E-state index in [-0.39, 0.29) is 12.5 Å². The van der Waals surface area contributed by atoms with Gasteiger partial charge in [-0.3, -0.25) is 0 Å². The Morgan fingerprint density at radius 3 is 2.64 bits per heavy atom. The van der Waals surface area contributed by atoms with Gasteiger partial charge in [-0.15, -0.1) is 0 Å². The van der Waals surface area contributed by atoms with Crippen molar-refractivity contribution in [3.05, 3.63) is 28.3 Å². The molecule has 14 heavy (non-hydrogen) atoms. The van der Waals surface area contributed by atoms with E-state index in [0.717, 1.165) is 16.9 Å². The molecule has 0 aromatic heterocycles. The van der Waals surface area contributed by atoms with Gasteiger partial charge in [-0.25, -0.2) is 0 Å². The fourth-order valence-corrected chi connectivity index (χ4v) is 1.72. The van der Waals surface area contributed by atoms with Crippen molar-refractivity contribution in [3.63, 3.8) is 0 Å². The SMILES string of the molecule is COc1ccc(Cl)c(C)c1C(C)CO. The van der Waals surface area contributed by atoms with Crippen LogP contribution in [0.1, 0.15) is 24.0 Å². The van der Waals surface area contributed by atoms with Gasteiger partial charge in [0.2, 0.25) is 0 Å². The average Bonchev–Trinajstić information content (AvgIpc) is 2.20. The highest BCUT2D eigenvalue weighted by Crippen LogP contribution is 2.33. The molecule has 0 heterocycles. The van der Waals surface area contributed by atoms with Crippen molar-refractivity contribution in [2.75, 3.05) is 13.7 Å². The van der Waals surface area contributed by atoms with Gasteiger partial charge in [0.1, 0.15) is 5.75 Å². The zero-order valence-corrected chi connectivity index (χ0v) is 9.43. The van der Waals surface area contributed by atoms with E-state index in [4.69, 9.17) is 21.4 Å². The van der Waals surface area contributed by atoms with Crippen molar-refractivity contribution in [1.82, 2.24) is 0 Å². The molecule has 2 nitrogen and oxygen atoms in total. The van der Waals surface area contributed by atoms with E-state index in [2.05, 4.69) is 0 Å². The molecule has 1 unspecified atom stereocenters. The topological polar surface area (TPSA) is 29.5 Å². The third kappa shape index (κ3) is 2.02. The average molecular weight is 215 g/mol. The second-order valence-corrected chi connectivity index (χ2v) is 3.78. The fraction of sp³-hybridized carbons (Fsp3) is 0.455. The third-order valence-corrected chi connectivity index (χ3v) is 2.80. The highest BCUT2D eigenvalue weighted by molar-refractivity contribution is 6.31. The molecule has 1 rings (SSSR count). The Hall–Kier alpha value is -0.730. The van der Waals surface area contributed by atoms with Crippen LogP contribution in [-0.2, 0) is 0 Å². The number of aliphatic hydroxyl groups is 1. The quantitative estimate of drug-likeness (QED) is 0.839. The van der Waals surface area contributed by atoms with Crippen LogP contribution in [-0.4, -0.2) is 18.8 Å². The second-order valence-electron chi connectivity index (χ2n) is 3.37. The van der Waals surface area contributed by atoms with Crippen LogP contribution in [0.25, 0.3) is 0 Å². The molecule has 0 bridgehead atoms. The Morgan fingerprint density at radius 1 is 1.50 bits per heavy atom. The number of halogens is 1. The molecule has 0 aliphatic carbocycles. The minimum Gasteiger partial charge on any atom is -0.496 e. The second kappa shape index (κ2) is 4.67. The van der Waals surface area contributed by atoms with Gasteiger partial charge in [-0.1, -0.05) is 18.5 Å². The molecular weight excluding hydrogens is 200 g/mol. The molecule has 1 aromatic carbocycles. The van der Waals surface area contributed by atoms with Gasteiger partial charge in [0.15, 0.2) is 0 Å². The van der Waals surface area contributed by atoms with Gasteiger partial charge >= 0.3 is 0 Å². The predicted octanol–water partition coefficient (Wildman–Crippen LogP) is 2.75. The van der Waals surface area contributed by atoms with Crippen LogP contribution < -0.4 is 4.74 Å². The summed E-state index contributed by atoms with van der Waals surface area (Å²) in [6.07, 6.45) is 0. The Kier molecular flexibility index (Phi) is 3.78. The fourth-order valence-electron chi connectivity index (χ4n) is 1.56. The van der Waals surface area contributed by atoms with Gasteiger partial charge in [0.05, 0.1) is 7.11 Å². The largest absolute Gasteiger partial charge is 0.496 e. The number of hydrogen-bond acceptors (Lipinski definition) is 2. The highest BCUT2D eigenvalue weighted by Gasteiger charge is 2.15. The predicted molar refractivity (Wildman–Crippen MR) is 58.2 cm³/mol. The summed E-state index contributed by atoms with van der Waals surface area (Å²) in [4.78, 5) is 0. The molecule has 1 atom stereocenters. The first kappa shape index (κ1) is 11.3. The van der Waals surface area contributed by atoms with E-state index >= 15 is 0 Å². The van der Waals surface area contributed by atoms with Crippen molar-refractivity contribution in [2.24, 2.45) is 0 Å². The number of ether oxygens (including phenoxy) is 1. The lowest BCUT2D eigenvalue weighted by molar-refractivity contribution is 0.269. The van der Waals surface area contributed by atoms with Crippen LogP contribution in [0, 0.1) is 6.92 Å². The first-order valence-electron chi connectivity index (χ1n) is 4.55. The molecular formula is C11H15ClO2. The van der Waals surface area contributed by atoms with Crippen molar-refractivity contribution in [3.8, 4) is 5.75 Å². The van der Waals surface area contributed by atoms with Crippen LogP contribution in [0.15, 0.2) is 12.1 Å². The lowest BCUT2D eigenvalue weighted by Gasteiger charge is -2.17. The molecule has 1 N–H and O–H groups in total. The summed E-state index contributed by atoms with van der Waals surface area (Å²) in [6, 6.07) is 3.64. The van der Waals surface area contributed by atoms with Gasteiger partial charge in [-0.05, 0) is 24.6 Å². The van der Waals surface area contributed by atoms with Crippen molar-refractivity contribution < 1.29 is 9.84 Å². The number of hydrogen-bond donors (Lipinski definition) is 1. The molecule has 0 radical (unpaired) electrons. The number of aliphatic hydroxyl groups excluding tert-OH is 1. The number of benzene rings is 1. The molecule has 0 amide bonds. The highest BCUT2D eigenvalue weighted by atomic mass is 35.5. The first-order valence-corrected chi connectivity index (χ1v) is 4.93. The van der Waals surface area contributed by atoms with Crippen molar-refractivity contribution in [2.45, 2.75) is 19.8 Å². The van der Waals surface area contributed by atoms with Crippen LogP contribution in [0.3, 0.4) is 0 Å². The molecule has 1 aromatic rings. The lowest BCUT2D eigenvalue weighted by Crippen LogP contribution is -2.04. The smallest absolute Gasteiger partial charge is 0.122 e. The van der Waals surface area contributed by atoms with E-state index in [9.17, 15) is 0 Å². The monoisotopic (exact) mass is 214 g/mol. The lowest BCUT2D eigenvalue weighted by atomic mass is 9.96. The number of methoxy groups -OCH3 is 1. The van der Waals surface area contributed by atoms with Crippen LogP contribution in [0.5, 0.6) is 5.75 Å².